The third-order valence-electron chi connectivity index (χ3n) is 2.73. The summed E-state index contributed by atoms with van der Waals surface area (Å²) in [5.41, 5.74) is 1.07. The topological polar surface area (TPSA) is 55.8 Å². The first-order chi connectivity index (χ1) is 9.61. The van der Waals surface area contributed by atoms with E-state index in [1.54, 1.807) is 25.3 Å². The molecule has 1 N–H and O–H groups in total. The number of halogens is 1. The molecule has 2 aromatic rings. The fourth-order valence-corrected chi connectivity index (χ4v) is 2.32. The third kappa shape index (κ3) is 3.30. The molecular formula is C15H13BrO4. The van der Waals surface area contributed by atoms with Crippen molar-refractivity contribution in [1.29, 1.82) is 0 Å². The number of methoxy groups -OCH3 is 1. The van der Waals surface area contributed by atoms with Crippen LogP contribution in [0.5, 0.6) is 11.5 Å². The van der Waals surface area contributed by atoms with E-state index in [0.717, 1.165) is 15.8 Å². The predicted molar refractivity (Wildman–Crippen MR) is 78.4 cm³/mol. The standard InChI is InChI=1S/C15H13BrO4/c1-19-14-7-6-10(8-12(14)16)9-20-13-5-3-2-4-11(13)15(17)18/h2-8H,9H2,1H3,(H,17,18). The van der Waals surface area contributed by atoms with Crippen LogP contribution in [0, 0.1) is 0 Å². The lowest BCUT2D eigenvalue weighted by atomic mass is 10.2. The minimum Gasteiger partial charge on any atom is -0.496 e. The average molecular weight is 337 g/mol. The van der Waals surface area contributed by atoms with Crippen LogP contribution < -0.4 is 9.47 Å². The summed E-state index contributed by atoms with van der Waals surface area (Å²) in [5, 5.41) is 9.07. The molecule has 0 fully saturated rings. The number of hydrogen-bond acceptors (Lipinski definition) is 3. The Balaban J connectivity index is 2.13. The van der Waals surface area contributed by atoms with Crippen LogP contribution in [-0.4, -0.2) is 18.2 Å². The number of carboxylic acids is 1. The quantitative estimate of drug-likeness (QED) is 0.903. The molecule has 0 aromatic heterocycles. The zero-order chi connectivity index (χ0) is 14.5. The van der Waals surface area contributed by atoms with Crippen LogP contribution >= 0.6 is 15.9 Å². The van der Waals surface area contributed by atoms with Gasteiger partial charge in [0.15, 0.2) is 0 Å². The Morgan fingerprint density at radius 2 is 1.95 bits per heavy atom. The number of hydrogen-bond donors (Lipinski definition) is 1. The summed E-state index contributed by atoms with van der Waals surface area (Å²) in [6.45, 7) is 0.285. The van der Waals surface area contributed by atoms with Crippen LogP contribution in [0.4, 0.5) is 0 Å². The van der Waals surface area contributed by atoms with E-state index in [1.807, 2.05) is 18.2 Å². The van der Waals surface area contributed by atoms with Crippen LogP contribution in [-0.2, 0) is 6.61 Å². The van der Waals surface area contributed by atoms with Crippen molar-refractivity contribution in [3.8, 4) is 11.5 Å². The number of para-hydroxylation sites is 1. The van der Waals surface area contributed by atoms with Gasteiger partial charge in [0, 0.05) is 0 Å². The Kier molecular flexibility index (Phi) is 4.63. The Morgan fingerprint density at radius 3 is 2.60 bits per heavy atom. The largest absolute Gasteiger partial charge is 0.496 e. The van der Waals surface area contributed by atoms with Crippen molar-refractivity contribution in [3.05, 3.63) is 58.1 Å². The normalized spacial score (nSPS) is 10.1. The van der Waals surface area contributed by atoms with Gasteiger partial charge in [-0.2, -0.15) is 0 Å². The van der Waals surface area contributed by atoms with Gasteiger partial charge in [0.1, 0.15) is 23.7 Å². The van der Waals surface area contributed by atoms with Crippen LogP contribution in [0.2, 0.25) is 0 Å². The third-order valence-corrected chi connectivity index (χ3v) is 3.35. The second kappa shape index (κ2) is 6.43. The van der Waals surface area contributed by atoms with Crippen LogP contribution in [0.3, 0.4) is 0 Å². The molecule has 0 heterocycles. The summed E-state index contributed by atoms with van der Waals surface area (Å²) in [6.07, 6.45) is 0. The zero-order valence-electron chi connectivity index (χ0n) is 10.8. The number of carboxylic acid groups (broad SMARTS) is 1. The fourth-order valence-electron chi connectivity index (χ4n) is 1.73. The lowest BCUT2D eigenvalue weighted by molar-refractivity contribution is 0.0692. The molecule has 4 nitrogen and oxygen atoms in total. The van der Waals surface area contributed by atoms with Crippen molar-refractivity contribution in [3.63, 3.8) is 0 Å². The molecule has 2 aromatic carbocycles. The predicted octanol–water partition coefficient (Wildman–Crippen LogP) is 3.73. The Labute approximate surface area is 125 Å². The summed E-state index contributed by atoms with van der Waals surface area (Å²) in [7, 11) is 1.60. The highest BCUT2D eigenvalue weighted by Gasteiger charge is 2.10. The molecule has 0 radical (unpaired) electrons. The molecule has 0 saturated carbocycles. The second-order valence-electron chi connectivity index (χ2n) is 4.06. The van der Waals surface area contributed by atoms with Gasteiger partial charge in [-0.25, -0.2) is 4.79 Å². The van der Waals surface area contributed by atoms with Gasteiger partial charge < -0.3 is 14.6 Å². The van der Waals surface area contributed by atoms with Crippen molar-refractivity contribution >= 4 is 21.9 Å². The summed E-state index contributed by atoms with van der Waals surface area (Å²) >= 11 is 3.40. The molecule has 0 spiro atoms. The van der Waals surface area contributed by atoms with Crippen molar-refractivity contribution in [2.45, 2.75) is 6.61 Å². The first-order valence-electron chi connectivity index (χ1n) is 5.89. The minimum atomic E-state index is -1.00. The van der Waals surface area contributed by atoms with E-state index in [2.05, 4.69) is 15.9 Å². The summed E-state index contributed by atoms with van der Waals surface area (Å²) < 4.78 is 11.5. The number of aromatic carboxylic acids is 1. The van der Waals surface area contributed by atoms with E-state index in [4.69, 9.17) is 14.6 Å². The highest BCUT2D eigenvalue weighted by atomic mass is 79.9. The number of ether oxygens (including phenoxy) is 2. The zero-order valence-corrected chi connectivity index (χ0v) is 12.4. The van der Waals surface area contributed by atoms with Crippen molar-refractivity contribution in [2.24, 2.45) is 0 Å². The first kappa shape index (κ1) is 14.4. The summed E-state index contributed by atoms with van der Waals surface area (Å²) in [4.78, 5) is 11.1. The molecule has 0 aliphatic heterocycles. The molecular weight excluding hydrogens is 324 g/mol. The molecule has 5 heteroatoms. The lowest BCUT2D eigenvalue weighted by Gasteiger charge is -2.10. The Bertz CT molecular complexity index is 625. The van der Waals surface area contributed by atoms with Crippen LogP contribution in [0.15, 0.2) is 46.9 Å². The molecule has 0 aliphatic carbocycles. The molecule has 0 bridgehead atoms. The minimum absolute atomic E-state index is 0.153. The van der Waals surface area contributed by atoms with E-state index in [0.29, 0.717) is 5.75 Å². The average Bonchev–Trinajstić information content (AvgIpc) is 2.45. The van der Waals surface area contributed by atoms with E-state index < -0.39 is 5.97 Å². The maximum Gasteiger partial charge on any atom is 0.339 e. The highest BCUT2D eigenvalue weighted by molar-refractivity contribution is 9.10. The van der Waals surface area contributed by atoms with E-state index >= 15 is 0 Å². The van der Waals surface area contributed by atoms with E-state index in [-0.39, 0.29) is 12.2 Å². The Morgan fingerprint density at radius 1 is 1.20 bits per heavy atom. The molecule has 104 valence electrons. The molecule has 0 saturated heterocycles. The maximum atomic E-state index is 11.1. The molecule has 0 amide bonds. The lowest BCUT2D eigenvalue weighted by Crippen LogP contribution is -2.03. The van der Waals surface area contributed by atoms with Crippen molar-refractivity contribution in [2.75, 3.05) is 7.11 Å². The van der Waals surface area contributed by atoms with Gasteiger partial charge in [-0.1, -0.05) is 18.2 Å². The molecule has 0 atom stereocenters. The van der Waals surface area contributed by atoms with Gasteiger partial charge in [0.25, 0.3) is 0 Å². The van der Waals surface area contributed by atoms with Crippen LogP contribution in [0.1, 0.15) is 15.9 Å². The second-order valence-corrected chi connectivity index (χ2v) is 4.91. The Hall–Kier alpha value is -2.01. The van der Waals surface area contributed by atoms with Gasteiger partial charge in [-0.3, -0.25) is 0 Å². The SMILES string of the molecule is COc1ccc(COc2ccccc2C(=O)O)cc1Br. The van der Waals surface area contributed by atoms with Crippen LogP contribution in [0.25, 0.3) is 0 Å². The molecule has 2 rings (SSSR count). The monoisotopic (exact) mass is 336 g/mol. The smallest absolute Gasteiger partial charge is 0.339 e. The van der Waals surface area contributed by atoms with Crippen molar-refractivity contribution < 1.29 is 19.4 Å². The molecule has 0 unspecified atom stereocenters. The fraction of sp³-hybridized carbons (Fsp3) is 0.133. The van der Waals surface area contributed by atoms with E-state index in [9.17, 15) is 4.79 Å². The molecule has 20 heavy (non-hydrogen) atoms. The van der Waals surface area contributed by atoms with Gasteiger partial charge >= 0.3 is 5.97 Å². The van der Waals surface area contributed by atoms with Gasteiger partial charge in [0.05, 0.1) is 11.6 Å². The number of carbonyl (C=O) groups is 1. The summed E-state index contributed by atoms with van der Waals surface area (Å²) in [6, 6.07) is 12.1. The van der Waals surface area contributed by atoms with Gasteiger partial charge in [-0.05, 0) is 45.8 Å². The highest BCUT2D eigenvalue weighted by Crippen LogP contribution is 2.26. The summed E-state index contributed by atoms with van der Waals surface area (Å²) in [5.74, 6) is 0.0862. The van der Waals surface area contributed by atoms with Gasteiger partial charge in [-0.15, -0.1) is 0 Å². The molecule has 0 aliphatic rings. The first-order valence-corrected chi connectivity index (χ1v) is 6.68. The number of benzene rings is 2. The van der Waals surface area contributed by atoms with Gasteiger partial charge in [0.2, 0.25) is 0 Å². The maximum absolute atomic E-state index is 11.1. The van der Waals surface area contributed by atoms with Crippen molar-refractivity contribution in [1.82, 2.24) is 0 Å². The van der Waals surface area contributed by atoms with E-state index in [1.165, 1.54) is 6.07 Å². The number of rotatable bonds is 5.